The number of rotatable bonds is 5. The van der Waals surface area contributed by atoms with Crippen molar-refractivity contribution in [2.75, 3.05) is 11.1 Å². The second kappa shape index (κ2) is 7.22. The zero-order valence-electron chi connectivity index (χ0n) is 12.8. The lowest BCUT2D eigenvalue weighted by atomic mass is 10.2. The molecule has 1 aromatic heterocycles. The molecular formula is C16H14FN5OS. The standard InChI is InChI=1S/C16H14FN5OS/c1-11-3-2-4-13(9-11)18-15(23)10-24-16-19-20-21-22(16)14-7-5-12(17)6-8-14/h2-9H,10H2,1H3,(H,18,23). The van der Waals surface area contributed by atoms with Crippen LogP contribution in [0.3, 0.4) is 0 Å². The van der Waals surface area contributed by atoms with Gasteiger partial charge in [0.25, 0.3) is 0 Å². The Morgan fingerprint density at radius 2 is 2.04 bits per heavy atom. The molecule has 0 unspecified atom stereocenters. The number of aromatic nitrogens is 4. The molecule has 0 fully saturated rings. The first kappa shape index (κ1) is 16.1. The predicted octanol–water partition coefficient (Wildman–Crippen LogP) is 2.84. The number of anilines is 1. The van der Waals surface area contributed by atoms with E-state index in [-0.39, 0.29) is 17.5 Å². The van der Waals surface area contributed by atoms with E-state index in [2.05, 4.69) is 20.8 Å². The Labute approximate surface area is 142 Å². The van der Waals surface area contributed by atoms with Crippen LogP contribution in [0.5, 0.6) is 0 Å². The molecule has 3 rings (SSSR count). The SMILES string of the molecule is Cc1cccc(NC(=O)CSc2nnnn2-c2ccc(F)cc2)c1. The summed E-state index contributed by atoms with van der Waals surface area (Å²) in [5.41, 5.74) is 2.45. The number of thioether (sulfide) groups is 1. The first-order valence-electron chi connectivity index (χ1n) is 7.15. The minimum Gasteiger partial charge on any atom is -0.325 e. The van der Waals surface area contributed by atoms with Gasteiger partial charge in [0, 0.05) is 5.69 Å². The van der Waals surface area contributed by atoms with E-state index in [0.717, 1.165) is 11.3 Å². The summed E-state index contributed by atoms with van der Waals surface area (Å²) < 4.78 is 14.5. The smallest absolute Gasteiger partial charge is 0.234 e. The summed E-state index contributed by atoms with van der Waals surface area (Å²) in [5.74, 6) is -0.326. The lowest BCUT2D eigenvalue weighted by Gasteiger charge is -2.06. The topological polar surface area (TPSA) is 72.7 Å². The number of nitrogens with one attached hydrogen (secondary N) is 1. The molecule has 24 heavy (non-hydrogen) atoms. The monoisotopic (exact) mass is 343 g/mol. The third kappa shape index (κ3) is 3.96. The number of benzene rings is 2. The number of carbonyl (C=O) groups excluding carboxylic acids is 1. The van der Waals surface area contributed by atoms with Crippen LogP contribution in [0.4, 0.5) is 10.1 Å². The van der Waals surface area contributed by atoms with Gasteiger partial charge in [0.2, 0.25) is 11.1 Å². The van der Waals surface area contributed by atoms with Gasteiger partial charge in [0.05, 0.1) is 11.4 Å². The van der Waals surface area contributed by atoms with Crippen LogP contribution < -0.4 is 5.32 Å². The van der Waals surface area contributed by atoms with Crippen LogP contribution >= 0.6 is 11.8 Å². The van der Waals surface area contributed by atoms with E-state index >= 15 is 0 Å². The van der Waals surface area contributed by atoms with Crippen molar-refractivity contribution in [3.63, 3.8) is 0 Å². The Balaban J connectivity index is 1.64. The van der Waals surface area contributed by atoms with Gasteiger partial charge in [-0.3, -0.25) is 4.79 Å². The molecule has 2 aromatic carbocycles. The molecule has 1 N–H and O–H groups in total. The molecule has 1 heterocycles. The first-order valence-corrected chi connectivity index (χ1v) is 8.14. The number of aryl methyl sites for hydroxylation is 1. The second-order valence-electron chi connectivity index (χ2n) is 5.06. The van der Waals surface area contributed by atoms with Gasteiger partial charge in [-0.2, -0.15) is 4.68 Å². The summed E-state index contributed by atoms with van der Waals surface area (Å²) in [7, 11) is 0. The molecule has 0 aliphatic rings. The summed E-state index contributed by atoms with van der Waals surface area (Å²) in [5, 5.41) is 14.7. The molecule has 0 radical (unpaired) electrons. The van der Waals surface area contributed by atoms with Crippen LogP contribution in [-0.4, -0.2) is 31.9 Å². The highest BCUT2D eigenvalue weighted by Crippen LogP contribution is 2.19. The Bertz CT molecular complexity index is 850. The lowest BCUT2D eigenvalue weighted by molar-refractivity contribution is -0.113. The van der Waals surface area contributed by atoms with Crippen LogP contribution in [0, 0.1) is 12.7 Å². The molecule has 3 aromatic rings. The maximum absolute atomic E-state index is 13.0. The number of hydrogen-bond acceptors (Lipinski definition) is 5. The van der Waals surface area contributed by atoms with Gasteiger partial charge in [0.1, 0.15) is 5.82 Å². The van der Waals surface area contributed by atoms with Crippen LogP contribution in [0.2, 0.25) is 0 Å². The molecule has 6 nitrogen and oxygen atoms in total. The molecular weight excluding hydrogens is 329 g/mol. The Kier molecular flexibility index (Phi) is 4.85. The quantitative estimate of drug-likeness (QED) is 0.721. The number of halogens is 1. The van der Waals surface area contributed by atoms with Gasteiger partial charge in [-0.25, -0.2) is 4.39 Å². The number of amides is 1. The van der Waals surface area contributed by atoms with Crippen LogP contribution in [-0.2, 0) is 4.79 Å². The average molecular weight is 343 g/mol. The normalized spacial score (nSPS) is 10.6. The summed E-state index contributed by atoms with van der Waals surface area (Å²) in [6.07, 6.45) is 0. The van der Waals surface area contributed by atoms with E-state index in [9.17, 15) is 9.18 Å². The fourth-order valence-electron chi connectivity index (χ4n) is 2.06. The molecule has 0 saturated carbocycles. The van der Waals surface area contributed by atoms with E-state index in [1.807, 2.05) is 31.2 Å². The number of nitrogens with zero attached hydrogens (tertiary/aromatic N) is 4. The van der Waals surface area contributed by atoms with Crippen molar-refractivity contribution in [2.45, 2.75) is 12.1 Å². The van der Waals surface area contributed by atoms with Crippen LogP contribution in [0.15, 0.2) is 53.7 Å². The van der Waals surface area contributed by atoms with Crippen molar-refractivity contribution < 1.29 is 9.18 Å². The zero-order valence-corrected chi connectivity index (χ0v) is 13.6. The second-order valence-corrected chi connectivity index (χ2v) is 6.00. The number of tetrazole rings is 1. The van der Waals surface area contributed by atoms with Crippen molar-refractivity contribution in [3.8, 4) is 5.69 Å². The minimum absolute atomic E-state index is 0.153. The summed E-state index contributed by atoms with van der Waals surface area (Å²) in [6.45, 7) is 1.96. The van der Waals surface area contributed by atoms with Gasteiger partial charge >= 0.3 is 0 Å². The highest BCUT2D eigenvalue weighted by Gasteiger charge is 2.12. The van der Waals surface area contributed by atoms with Crippen LogP contribution in [0.25, 0.3) is 5.69 Å². The van der Waals surface area contributed by atoms with Crippen molar-refractivity contribution in [3.05, 3.63) is 59.9 Å². The molecule has 1 amide bonds. The summed E-state index contributed by atoms with van der Waals surface area (Å²) in [4.78, 5) is 12.1. The molecule has 0 saturated heterocycles. The molecule has 0 aliphatic carbocycles. The van der Waals surface area contributed by atoms with Gasteiger partial charge < -0.3 is 5.32 Å². The summed E-state index contributed by atoms with van der Waals surface area (Å²) >= 11 is 1.21. The molecule has 0 atom stereocenters. The van der Waals surface area contributed by atoms with E-state index < -0.39 is 0 Å². The van der Waals surface area contributed by atoms with Gasteiger partial charge in [-0.15, -0.1) is 5.10 Å². The van der Waals surface area contributed by atoms with E-state index in [0.29, 0.717) is 10.8 Å². The zero-order chi connectivity index (χ0) is 16.9. The maximum Gasteiger partial charge on any atom is 0.234 e. The highest BCUT2D eigenvalue weighted by molar-refractivity contribution is 7.99. The molecule has 0 aliphatic heterocycles. The Hall–Kier alpha value is -2.74. The number of carbonyl (C=O) groups is 1. The minimum atomic E-state index is -0.335. The van der Waals surface area contributed by atoms with E-state index in [4.69, 9.17) is 0 Å². The molecule has 8 heteroatoms. The van der Waals surface area contributed by atoms with Crippen molar-refractivity contribution >= 4 is 23.4 Å². The van der Waals surface area contributed by atoms with Crippen molar-refractivity contribution in [2.24, 2.45) is 0 Å². The highest BCUT2D eigenvalue weighted by atomic mass is 32.2. The largest absolute Gasteiger partial charge is 0.325 e. The average Bonchev–Trinajstić information content (AvgIpc) is 3.02. The maximum atomic E-state index is 13.0. The third-order valence-electron chi connectivity index (χ3n) is 3.15. The number of hydrogen-bond donors (Lipinski definition) is 1. The summed E-state index contributed by atoms with van der Waals surface area (Å²) in [6, 6.07) is 13.4. The fraction of sp³-hybridized carbons (Fsp3) is 0.125. The van der Waals surface area contributed by atoms with Gasteiger partial charge in [-0.1, -0.05) is 23.9 Å². The molecule has 0 spiro atoms. The molecule has 122 valence electrons. The van der Waals surface area contributed by atoms with E-state index in [1.165, 1.54) is 28.6 Å². The van der Waals surface area contributed by atoms with E-state index in [1.54, 1.807) is 12.1 Å². The van der Waals surface area contributed by atoms with Crippen LogP contribution in [0.1, 0.15) is 5.56 Å². The third-order valence-corrected chi connectivity index (χ3v) is 4.07. The first-order chi connectivity index (χ1) is 11.6. The Morgan fingerprint density at radius 3 is 2.79 bits per heavy atom. The Morgan fingerprint density at radius 1 is 1.25 bits per heavy atom. The fourth-order valence-corrected chi connectivity index (χ4v) is 2.75. The van der Waals surface area contributed by atoms with Gasteiger partial charge in [-0.05, 0) is 59.3 Å². The van der Waals surface area contributed by atoms with Gasteiger partial charge in [0.15, 0.2) is 0 Å². The predicted molar refractivity (Wildman–Crippen MR) is 89.6 cm³/mol. The molecule has 0 bridgehead atoms. The van der Waals surface area contributed by atoms with Crippen molar-refractivity contribution in [1.82, 2.24) is 20.2 Å². The lowest BCUT2D eigenvalue weighted by Crippen LogP contribution is -2.14. The van der Waals surface area contributed by atoms with Crippen molar-refractivity contribution in [1.29, 1.82) is 0 Å².